The van der Waals surface area contributed by atoms with Gasteiger partial charge in [0.1, 0.15) is 6.04 Å². The van der Waals surface area contributed by atoms with E-state index in [0.29, 0.717) is 6.42 Å². The zero-order chi connectivity index (χ0) is 9.98. The zero-order valence-electron chi connectivity index (χ0n) is 6.65. The normalized spacial score (nSPS) is 10.5. The van der Waals surface area contributed by atoms with E-state index < -0.39 is 31.1 Å². The first-order valence-corrected chi connectivity index (χ1v) is 5.73. The fraction of sp³-hybridized carbons (Fsp3) is 0.800. The molecule has 3 N–H and O–H groups in total. The first kappa shape index (κ1) is 14.6. The van der Waals surface area contributed by atoms with Gasteiger partial charge in [-0.15, -0.1) is 0 Å². The molecule has 0 heterocycles. The number of aliphatic carboxylic acids is 1. The summed E-state index contributed by atoms with van der Waals surface area (Å²) in [5.41, 5.74) is 5.19. The van der Waals surface area contributed by atoms with E-state index in [1.54, 1.807) is 11.8 Å². The molecule has 0 fully saturated rings. The molecule has 5 nitrogen and oxygen atoms in total. The maximum absolute atomic E-state index is 10.1. The van der Waals surface area contributed by atoms with Gasteiger partial charge >= 0.3 is 31.7 Å². The number of hydrogen-bond acceptors (Lipinski definition) is 5. The van der Waals surface area contributed by atoms with Crippen LogP contribution in [-0.4, -0.2) is 29.1 Å². The molecule has 0 radical (unpaired) electrons. The second-order valence-electron chi connectivity index (χ2n) is 1.81. The molecule has 0 saturated heterocycles. The summed E-state index contributed by atoms with van der Waals surface area (Å²) in [4.78, 5) is 10.1. The van der Waals surface area contributed by atoms with Crippen LogP contribution in [0.15, 0.2) is 0 Å². The molecular weight excluding hydrogens is 218 g/mol. The number of carboxylic acids is 1. The van der Waals surface area contributed by atoms with E-state index in [1.165, 1.54) is 0 Å². The van der Waals surface area contributed by atoms with Gasteiger partial charge in [-0.05, 0) is 18.4 Å². The van der Waals surface area contributed by atoms with Crippen LogP contribution < -0.4 is 5.73 Å². The van der Waals surface area contributed by atoms with Gasteiger partial charge in [0.15, 0.2) is 0 Å². The number of carboxylic acid groups (broad SMARTS) is 1. The van der Waals surface area contributed by atoms with Crippen molar-refractivity contribution in [2.75, 3.05) is 12.0 Å². The van der Waals surface area contributed by atoms with E-state index in [0.717, 1.165) is 5.75 Å². The number of carbonyl (C=O) groups is 1. The molecule has 0 aliphatic rings. The molecule has 0 bridgehead atoms. The predicted octanol–water partition coefficient (Wildman–Crippen LogP) is -0.0887. The van der Waals surface area contributed by atoms with Crippen LogP contribution in [0, 0.1) is 0 Å². The molecule has 0 aliphatic heterocycles. The van der Waals surface area contributed by atoms with Crippen LogP contribution in [0.2, 0.25) is 0 Å². The number of rotatable bonds is 4. The second kappa shape index (κ2) is 11.1. The van der Waals surface area contributed by atoms with Crippen LogP contribution in [0.25, 0.3) is 0 Å². The first-order valence-electron chi connectivity index (χ1n) is 3.06. The summed E-state index contributed by atoms with van der Waals surface area (Å²) in [5, 5.41) is 8.27. The van der Waals surface area contributed by atoms with Gasteiger partial charge in [-0.2, -0.15) is 11.8 Å². The summed E-state index contributed by atoms with van der Waals surface area (Å²) < 4.78 is 17.0. The van der Waals surface area contributed by atoms with Crippen molar-refractivity contribution in [1.29, 1.82) is 0 Å². The Morgan fingerprint density at radius 2 is 2.08 bits per heavy atom. The monoisotopic (exact) mass is 229 g/mol. The molecular formula is C5H11NO4STi. The van der Waals surface area contributed by atoms with Crippen LogP contribution >= 0.6 is 11.8 Å². The van der Waals surface area contributed by atoms with E-state index in [2.05, 4.69) is 0 Å². The van der Waals surface area contributed by atoms with Gasteiger partial charge in [0.05, 0.1) is 0 Å². The Kier molecular flexibility index (Phi) is 13.5. The molecule has 1 atom stereocenters. The Hall–Kier alpha value is 0.0943. The third-order valence-electron chi connectivity index (χ3n) is 0.950. The Morgan fingerprint density at radius 3 is 2.33 bits per heavy atom. The molecule has 0 aromatic carbocycles. The molecule has 70 valence electrons. The van der Waals surface area contributed by atoms with Gasteiger partial charge in [0.25, 0.3) is 0 Å². The number of thioether (sulfide) groups is 1. The third kappa shape index (κ3) is 12.7. The van der Waals surface area contributed by atoms with Crippen molar-refractivity contribution in [3.8, 4) is 0 Å². The van der Waals surface area contributed by atoms with Gasteiger partial charge in [-0.1, -0.05) is 0 Å². The molecule has 0 aromatic rings. The number of nitrogens with two attached hydrogens (primary N) is 1. The Labute approximate surface area is 83.7 Å². The molecule has 7 heteroatoms. The van der Waals surface area contributed by atoms with Crippen molar-refractivity contribution in [3.05, 3.63) is 0 Å². The average molecular weight is 229 g/mol. The molecule has 0 aliphatic carbocycles. The van der Waals surface area contributed by atoms with Crippen LogP contribution in [0.5, 0.6) is 0 Å². The summed E-state index contributed by atoms with van der Waals surface area (Å²) in [6.45, 7) is 0. The van der Waals surface area contributed by atoms with Gasteiger partial charge in [-0.3, -0.25) is 4.79 Å². The van der Waals surface area contributed by atoms with Crippen molar-refractivity contribution in [2.45, 2.75) is 12.5 Å². The summed E-state index contributed by atoms with van der Waals surface area (Å²) in [7, 11) is 0. The van der Waals surface area contributed by atoms with E-state index in [9.17, 15) is 4.79 Å². The molecule has 12 heavy (non-hydrogen) atoms. The van der Waals surface area contributed by atoms with Crippen LogP contribution in [0.4, 0.5) is 0 Å². The Bertz CT molecular complexity index is 160. The average Bonchev–Trinajstić information content (AvgIpc) is 2.01. The Balaban J connectivity index is 0. The summed E-state index contributed by atoms with van der Waals surface area (Å²) in [6, 6.07) is -0.683. The minimum absolute atomic E-state index is 0.552. The van der Waals surface area contributed by atoms with Gasteiger partial charge in [0, 0.05) is 0 Å². The van der Waals surface area contributed by atoms with Gasteiger partial charge < -0.3 is 10.8 Å². The van der Waals surface area contributed by atoms with Crippen LogP contribution in [-0.2, 0) is 30.5 Å². The molecule has 0 aromatic heterocycles. The predicted molar refractivity (Wildman–Crippen MR) is 40.0 cm³/mol. The van der Waals surface area contributed by atoms with Crippen molar-refractivity contribution in [2.24, 2.45) is 5.73 Å². The van der Waals surface area contributed by atoms with E-state index in [-0.39, 0.29) is 0 Å². The standard InChI is InChI=1S/C5H11NO2S.2O.Ti/c1-9-3-2-4(6)5(7)8;;;/h4H,2-3,6H2,1H3,(H,7,8);;;/t4-;;;/m0.../s1. The van der Waals surface area contributed by atoms with Gasteiger partial charge in [0.2, 0.25) is 0 Å². The van der Waals surface area contributed by atoms with Crippen molar-refractivity contribution >= 4 is 17.7 Å². The van der Waals surface area contributed by atoms with Crippen molar-refractivity contribution in [1.82, 2.24) is 0 Å². The van der Waals surface area contributed by atoms with E-state index in [4.69, 9.17) is 17.5 Å². The van der Waals surface area contributed by atoms with Gasteiger partial charge in [-0.25, -0.2) is 0 Å². The molecule has 0 unspecified atom stereocenters. The van der Waals surface area contributed by atoms with E-state index >= 15 is 0 Å². The van der Waals surface area contributed by atoms with Crippen molar-refractivity contribution < 1.29 is 35.6 Å². The zero-order valence-corrected chi connectivity index (χ0v) is 9.03. The fourth-order valence-electron chi connectivity index (χ4n) is 0.368. The second-order valence-corrected chi connectivity index (χ2v) is 3.06. The first-order chi connectivity index (χ1) is 5.59. The summed E-state index contributed by atoms with van der Waals surface area (Å²) in [6.07, 6.45) is 2.48. The molecule has 0 saturated carbocycles. The number of hydrogen-bond donors (Lipinski definition) is 2. The third-order valence-corrected chi connectivity index (χ3v) is 1.59. The topological polar surface area (TPSA) is 97.5 Å². The Morgan fingerprint density at radius 1 is 1.67 bits per heavy atom. The SMILES string of the molecule is CSCC[C@H](N)C(=O)O.[O]=[Ti]=[O]. The van der Waals surface area contributed by atoms with Crippen LogP contribution in [0.3, 0.4) is 0 Å². The molecule has 0 amide bonds. The maximum atomic E-state index is 10.1. The van der Waals surface area contributed by atoms with Crippen LogP contribution in [0.1, 0.15) is 6.42 Å². The fourth-order valence-corrected chi connectivity index (χ4v) is 0.858. The quantitative estimate of drug-likeness (QED) is 0.654. The molecule has 0 rings (SSSR count). The summed E-state index contributed by atoms with van der Waals surface area (Å²) in [5.74, 6) is -0.1000. The molecule has 0 spiro atoms. The summed E-state index contributed by atoms with van der Waals surface area (Å²) >= 11 is -0.396. The van der Waals surface area contributed by atoms with Crippen molar-refractivity contribution in [3.63, 3.8) is 0 Å². The minimum atomic E-state index is -2.00. The van der Waals surface area contributed by atoms with E-state index in [1.807, 2.05) is 6.26 Å².